The van der Waals surface area contributed by atoms with E-state index in [1.807, 2.05) is 6.92 Å². The van der Waals surface area contributed by atoms with E-state index in [0.29, 0.717) is 33.7 Å². The van der Waals surface area contributed by atoms with Crippen LogP contribution < -0.4 is 5.69 Å². The highest BCUT2D eigenvalue weighted by molar-refractivity contribution is 6.34. The standard InChI is InChI=1S/C18H19ClFN3O2/c1-3-8-18(2,25)10-23-15-14(11-4-6-12(20)7-5-11)13(19)9-21-16(15)22-17(23)24/h4-7,9,25H,3,8,10H2,1-2H3,(H,21,22,24). The molecule has 0 aliphatic carbocycles. The van der Waals surface area contributed by atoms with E-state index in [4.69, 9.17) is 11.6 Å². The predicted octanol–water partition coefficient (Wildman–Crippen LogP) is 3.74. The first-order valence-corrected chi connectivity index (χ1v) is 8.45. The molecule has 3 rings (SSSR count). The lowest BCUT2D eigenvalue weighted by Crippen LogP contribution is -2.34. The Bertz CT molecular complexity index is 961. The number of pyridine rings is 1. The minimum absolute atomic E-state index is 0.107. The maximum absolute atomic E-state index is 13.3. The van der Waals surface area contributed by atoms with Gasteiger partial charge in [0.05, 0.1) is 22.7 Å². The van der Waals surface area contributed by atoms with Gasteiger partial charge in [0.25, 0.3) is 0 Å². The maximum atomic E-state index is 13.3. The molecule has 3 aromatic rings. The average molecular weight is 364 g/mol. The minimum Gasteiger partial charge on any atom is -0.388 e. The van der Waals surface area contributed by atoms with Crippen LogP contribution in [-0.2, 0) is 6.54 Å². The Balaban J connectivity index is 2.25. The first-order valence-electron chi connectivity index (χ1n) is 8.08. The molecule has 2 heterocycles. The number of halogens is 2. The van der Waals surface area contributed by atoms with Crippen molar-refractivity contribution in [2.75, 3.05) is 0 Å². The lowest BCUT2D eigenvalue weighted by molar-refractivity contribution is 0.0326. The smallest absolute Gasteiger partial charge is 0.327 e. The highest BCUT2D eigenvalue weighted by atomic mass is 35.5. The van der Waals surface area contributed by atoms with E-state index in [9.17, 15) is 14.3 Å². The van der Waals surface area contributed by atoms with E-state index >= 15 is 0 Å². The number of aromatic amines is 1. The third kappa shape index (κ3) is 3.45. The van der Waals surface area contributed by atoms with Gasteiger partial charge in [-0.2, -0.15) is 0 Å². The lowest BCUT2D eigenvalue weighted by atomic mass is 10.00. The van der Waals surface area contributed by atoms with Crippen molar-refractivity contribution in [2.45, 2.75) is 38.8 Å². The van der Waals surface area contributed by atoms with Crippen LogP contribution in [0.3, 0.4) is 0 Å². The van der Waals surface area contributed by atoms with Gasteiger partial charge in [-0.3, -0.25) is 9.55 Å². The lowest BCUT2D eigenvalue weighted by Gasteiger charge is -2.23. The summed E-state index contributed by atoms with van der Waals surface area (Å²) in [5, 5.41) is 10.9. The van der Waals surface area contributed by atoms with Gasteiger partial charge in [0, 0.05) is 11.8 Å². The van der Waals surface area contributed by atoms with Crippen molar-refractivity contribution in [3.8, 4) is 11.1 Å². The summed E-state index contributed by atoms with van der Waals surface area (Å²) in [5.74, 6) is -0.359. The van der Waals surface area contributed by atoms with Crippen LogP contribution in [0.2, 0.25) is 5.02 Å². The first kappa shape index (κ1) is 17.6. The number of nitrogens with one attached hydrogen (secondary N) is 1. The fourth-order valence-corrected chi connectivity index (χ4v) is 3.35. The molecule has 0 aliphatic heterocycles. The fourth-order valence-electron chi connectivity index (χ4n) is 3.10. The molecule has 0 saturated heterocycles. The number of aliphatic hydroxyl groups is 1. The van der Waals surface area contributed by atoms with E-state index in [1.165, 1.54) is 22.9 Å². The number of hydrogen-bond acceptors (Lipinski definition) is 3. The van der Waals surface area contributed by atoms with E-state index < -0.39 is 5.60 Å². The predicted molar refractivity (Wildman–Crippen MR) is 96.3 cm³/mol. The highest BCUT2D eigenvalue weighted by Gasteiger charge is 2.25. The minimum atomic E-state index is -1.05. The Morgan fingerprint density at radius 1 is 1.36 bits per heavy atom. The Morgan fingerprint density at radius 2 is 2.04 bits per heavy atom. The molecule has 0 aliphatic rings. The van der Waals surface area contributed by atoms with Crippen molar-refractivity contribution < 1.29 is 9.50 Å². The molecule has 2 aromatic heterocycles. The van der Waals surface area contributed by atoms with Crippen molar-refractivity contribution in [1.82, 2.24) is 14.5 Å². The molecule has 1 unspecified atom stereocenters. The summed E-state index contributed by atoms with van der Waals surface area (Å²) in [6, 6.07) is 5.87. The summed E-state index contributed by atoms with van der Waals surface area (Å²) < 4.78 is 14.7. The number of imidazole rings is 1. The summed E-state index contributed by atoms with van der Waals surface area (Å²) in [6.45, 7) is 3.77. The van der Waals surface area contributed by atoms with Crippen LogP contribution in [0.15, 0.2) is 35.3 Å². The number of hydrogen-bond donors (Lipinski definition) is 2. The van der Waals surface area contributed by atoms with Crippen molar-refractivity contribution >= 4 is 22.8 Å². The average Bonchev–Trinajstić information content (AvgIpc) is 2.84. The fraction of sp³-hybridized carbons (Fsp3) is 0.333. The second kappa shape index (κ2) is 6.61. The zero-order valence-corrected chi connectivity index (χ0v) is 14.8. The number of nitrogens with zero attached hydrogens (tertiary/aromatic N) is 2. The molecule has 7 heteroatoms. The van der Waals surface area contributed by atoms with Crippen LogP contribution in [-0.4, -0.2) is 25.2 Å². The molecular formula is C18H19ClFN3O2. The molecule has 0 radical (unpaired) electrons. The van der Waals surface area contributed by atoms with Gasteiger partial charge < -0.3 is 5.11 Å². The molecule has 1 aromatic carbocycles. The van der Waals surface area contributed by atoms with Gasteiger partial charge in [-0.15, -0.1) is 0 Å². The van der Waals surface area contributed by atoms with Crippen LogP contribution in [0.1, 0.15) is 26.7 Å². The topological polar surface area (TPSA) is 70.9 Å². The van der Waals surface area contributed by atoms with Gasteiger partial charge in [0.1, 0.15) is 5.82 Å². The van der Waals surface area contributed by atoms with Gasteiger partial charge >= 0.3 is 5.69 Å². The first-order chi connectivity index (χ1) is 11.8. The molecule has 0 amide bonds. The maximum Gasteiger partial charge on any atom is 0.327 e. The number of rotatable bonds is 5. The van der Waals surface area contributed by atoms with Crippen molar-refractivity contribution in [3.63, 3.8) is 0 Å². The molecule has 1 atom stereocenters. The van der Waals surface area contributed by atoms with E-state index in [0.717, 1.165) is 6.42 Å². The van der Waals surface area contributed by atoms with E-state index in [1.54, 1.807) is 19.1 Å². The molecule has 132 valence electrons. The van der Waals surface area contributed by atoms with Gasteiger partial charge in [-0.1, -0.05) is 37.1 Å². The number of benzene rings is 1. The zero-order chi connectivity index (χ0) is 18.2. The van der Waals surface area contributed by atoms with Crippen molar-refractivity contribution in [3.05, 3.63) is 51.8 Å². The van der Waals surface area contributed by atoms with Gasteiger partial charge in [0.15, 0.2) is 5.65 Å². The SMILES string of the molecule is CCCC(C)(O)Cn1c(=O)[nH]c2ncc(Cl)c(-c3ccc(F)cc3)c21. The largest absolute Gasteiger partial charge is 0.388 e. The summed E-state index contributed by atoms with van der Waals surface area (Å²) in [4.78, 5) is 19.3. The van der Waals surface area contributed by atoms with E-state index in [-0.39, 0.29) is 18.1 Å². The summed E-state index contributed by atoms with van der Waals surface area (Å²) >= 11 is 6.34. The molecule has 0 spiro atoms. The van der Waals surface area contributed by atoms with Crippen LogP contribution in [0, 0.1) is 5.82 Å². The summed E-state index contributed by atoms with van der Waals surface area (Å²) in [7, 11) is 0. The number of fused-ring (bicyclic) bond motifs is 1. The monoisotopic (exact) mass is 363 g/mol. The third-order valence-corrected chi connectivity index (χ3v) is 4.45. The Kier molecular flexibility index (Phi) is 4.67. The van der Waals surface area contributed by atoms with Crippen molar-refractivity contribution in [1.29, 1.82) is 0 Å². The van der Waals surface area contributed by atoms with Crippen LogP contribution in [0.4, 0.5) is 4.39 Å². The normalized spacial score (nSPS) is 14.0. The van der Waals surface area contributed by atoms with Gasteiger partial charge in [-0.05, 0) is 31.0 Å². The van der Waals surface area contributed by atoms with Crippen LogP contribution in [0.25, 0.3) is 22.3 Å². The second-order valence-electron chi connectivity index (χ2n) is 6.45. The van der Waals surface area contributed by atoms with E-state index in [2.05, 4.69) is 9.97 Å². The molecule has 2 N–H and O–H groups in total. The molecule has 0 fully saturated rings. The zero-order valence-electron chi connectivity index (χ0n) is 14.0. The van der Waals surface area contributed by atoms with Crippen LogP contribution >= 0.6 is 11.6 Å². The third-order valence-electron chi connectivity index (χ3n) is 4.17. The molecule has 0 bridgehead atoms. The highest BCUT2D eigenvalue weighted by Crippen LogP contribution is 2.33. The Labute approximate surface area is 149 Å². The Hall–Kier alpha value is -2.18. The Morgan fingerprint density at radius 3 is 2.68 bits per heavy atom. The summed E-state index contributed by atoms with van der Waals surface area (Å²) in [6.07, 6.45) is 2.78. The summed E-state index contributed by atoms with van der Waals surface area (Å²) in [5.41, 5.74) is 0.709. The quantitative estimate of drug-likeness (QED) is 0.725. The van der Waals surface area contributed by atoms with Crippen LogP contribution in [0.5, 0.6) is 0 Å². The number of aromatic nitrogens is 3. The molecule has 25 heavy (non-hydrogen) atoms. The molecule has 0 saturated carbocycles. The second-order valence-corrected chi connectivity index (χ2v) is 6.86. The molecular weight excluding hydrogens is 345 g/mol. The van der Waals surface area contributed by atoms with Gasteiger partial charge in [0.2, 0.25) is 0 Å². The molecule has 5 nitrogen and oxygen atoms in total. The number of H-pyrrole nitrogens is 1. The van der Waals surface area contributed by atoms with Crippen molar-refractivity contribution in [2.24, 2.45) is 0 Å². The van der Waals surface area contributed by atoms with Gasteiger partial charge in [-0.25, -0.2) is 14.2 Å².